The number of fused-ring (bicyclic) bond motifs is 1. The summed E-state index contributed by atoms with van der Waals surface area (Å²) in [4.78, 5) is 13.7. The summed E-state index contributed by atoms with van der Waals surface area (Å²) in [5.74, 6) is -2.19. The number of alkyl halides is 2. The molecule has 160 valence electrons. The molecule has 0 unspecified atom stereocenters. The van der Waals surface area contributed by atoms with Gasteiger partial charge in [-0.05, 0) is 17.5 Å². The first-order chi connectivity index (χ1) is 14.4. The first kappa shape index (κ1) is 20.5. The number of likely N-dealkylation sites (tertiary alicyclic amines) is 1. The van der Waals surface area contributed by atoms with E-state index in [0.29, 0.717) is 43.5 Å². The minimum atomic E-state index is -2.56. The van der Waals surface area contributed by atoms with Crippen molar-refractivity contribution in [2.75, 3.05) is 25.4 Å². The van der Waals surface area contributed by atoms with Gasteiger partial charge in [-0.25, -0.2) is 8.78 Å². The van der Waals surface area contributed by atoms with Gasteiger partial charge in [0.2, 0.25) is 0 Å². The third-order valence-electron chi connectivity index (χ3n) is 5.41. The van der Waals surface area contributed by atoms with Gasteiger partial charge in [-0.1, -0.05) is 37.6 Å². The lowest BCUT2D eigenvalue weighted by molar-refractivity contribution is 0.0115. The summed E-state index contributed by atoms with van der Waals surface area (Å²) < 4.78 is 32.4. The van der Waals surface area contributed by atoms with Crippen LogP contribution in [0.15, 0.2) is 30.5 Å². The average molecular weight is 415 g/mol. The first-order valence-corrected chi connectivity index (χ1v) is 10.4. The number of aromatic nitrogens is 3. The molecule has 0 aliphatic carbocycles. The second-order valence-corrected chi connectivity index (χ2v) is 7.94. The molecule has 3 heterocycles. The van der Waals surface area contributed by atoms with Crippen LogP contribution in [-0.2, 0) is 13.0 Å². The van der Waals surface area contributed by atoms with Crippen LogP contribution in [0.25, 0.3) is 11.0 Å². The molecular formula is C22H27F2N5O. The third-order valence-corrected chi connectivity index (χ3v) is 5.41. The quantitative estimate of drug-likeness (QED) is 0.540. The lowest BCUT2D eigenvalue weighted by atomic mass is 10.0. The molecule has 8 heteroatoms. The van der Waals surface area contributed by atoms with E-state index >= 15 is 0 Å². The Balaban J connectivity index is 1.46. The van der Waals surface area contributed by atoms with Gasteiger partial charge in [0, 0.05) is 37.7 Å². The Morgan fingerprint density at radius 3 is 2.67 bits per heavy atom. The molecule has 3 aromatic rings. The molecule has 30 heavy (non-hydrogen) atoms. The zero-order valence-corrected chi connectivity index (χ0v) is 17.1. The number of aromatic amines is 1. The van der Waals surface area contributed by atoms with Crippen molar-refractivity contribution in [1.29, 1.82) is 0 Å². The minimum Gasteiger partial charge on any atom is -0.463 e. The van der Waals surface area contributed by atoms with Gasteiger partial charge >= 0.3 is 6.01 Å². The van der Waals surface area contributed by atoms with Crippen molar-refractivity contribution in [3.05, 3.63) is 47.2 Å². The van der Waals surface area contributed by atoms with Crippen molar-refractivity contribution in [1.82, 2.24) is 19.9 Å². The Morgan fingerprint density at radius 1 is 1.20 bits per heavy atom. The zero-order valence-electron chi connectivity index (χ0n) is 17.1. The largest absolute Gasteiger partial charge is 0.463 e. The summed E-state index contributed by atoms with van der Waals surface area (Å²) in [7, 11) is 0. The maximum atomic E-state index is 13.4. The summed E-state index contributed by atoms with van der Waals surface area (Å²) in [5, 5.41) is 0. The summed E-state index contributed by atoms with van der Waals surface area (Å²) in [6.07, 6.45) is 4.48. The van der Waals surface area contributed by atoms with Crippen LogP contribution in [0, 0.1) is 0 Å². The Labute approximate surface area is 174 Å². The van der Waals surface area contributed by atoms with Crippen molar-refractivity contribution in [2.24, 2.45) is 0 Å². The van der Waals surface area contributed by atoms with Crippen LogP contribution in [0.4, 0.5) is 14.6 Å². The molecule has 0 spiro atoms. The van der Waals surface area contributed by atoms with Gasteiger partial charge in [0.25, 0.3) is 5.92 Å². The lowest BCUT2D eigenvalue weighted by Gasteiger charge is -2.15. The number of nitrogens with zero attached hydrogens (tertiary/aromatic N) is 3. The molecule has 0 atom stereocenters. The number of unbranched alkanes of at least 4 members (excludes halogenated alkanes) is 1. The highest BCUT2D eigenvalue weighted by Gasteiger charge is 2.37. The molecular weight excluding hydrogens is 388 g/mol. The fourth-order valence-electron chi connectivity index (χ4n) is 3.75. The standard InChI is InChI=1S/C22H27F2N5O/c1-2-3-10-30-21-27-18-17(12-26-19(18)20(25)28-21)11-15-4-6-16(7-5-15)13-29-9-8-22(23,24)14-29/h4-7,12,26H,2-3,8-11,13-14H2,1H3,(H2,25,27,28). The SMILES string of the molecule is CCCCOc1nc(N)c2[nH]cc(Cc3ccc(CN4CCC(F)(F)C4)cc3)c2n1. The maximum absolute atomic E-state index is 13.4. The summed E-state index contributed by atoms with van der Waals surface area (Å²) in [6, 6.07) is 8.37. The van der Waals surface area contributed by atoms with Crippen molar-refractivity contribution in [3.63, 3.8) is 0 Å². The molecule has 6 nitrogen and oxygen atoms in total. The van der Waals surface area contributed by atoms with Crippen molar-refractivity contribution in [2.45, 2.75) is 45.1 Å². The number of rotatable bonds is 8. The van der Waals surface area contributed by atoms with E-state index in [9.17, 15) is 8.78 Å². The summed E-state index contributed by atoms with van der Waals surface area (Å²) >= 11 is 0. The highest BCUT2D eigenvalue weighted by atomic mass is 19.3. The topological polar surface area (TPSA) is 80.1 Å². The smallest absolute Gasteiger partial charge is 0.319 e. The maximum Gasteiger partial charge on any atom is 0.319 e. The number of ether oxygens (including phenoxy) is 1. The molecule has 0 bridgehead atoms. The number of halogens is 2. The van der Waals surface area contributed by atoms with Gasteiger partial charge in [0.1, 0.15) is 11.0 Å². The molecule has 1 aliphatic heterocycles. The van der Waals surface area contributed by atoms with E-state index in [0.717, 1.165) is 35.0 Å². The van der Waals surface area contributed by atoms with Crippen LogP contribution in [-0.4, -0.2) is 45.5 Å². The molecule has 0 amide bonds. The van der Waals surface area contributed by atoms with E-state index < -0.39 is 5.92 Å². The van der Waals surface area contributed by atoms with Gasteiger partial charge in [-0.15, -0.1) is 0 Å². The van der Waals surface area contributed by atoms with Crippen LogP contribution in [0.3, 0.4) is 0 Å². The number of H-pyrrole nitrogens is 1. The van der Waals surface area contributed by atoms with Crippen LogP contribution in [0.2, 0.25) is 0 Å². The highest BCUT2D eigenvalue weighted by molar-refractivity contribution is 5.87. The Kier molecular flexibility index (Phi) is 5.85. The second kappa shape index (κ2) is 8.55. The fourth-order valence-corrected chi connectivity index (χ4v) is 3.75. The number of hydrogen-bond acceptors (Lipinski definition) is 5. The molecule has 1 aromatic carbocycles. The van der Waals surface area contributed by atoms with E-state index in [-0.39, 0.29) is 13.0 Å². The second-order valence-electron chi connectivity index (χ2n) is 7.94. The van der Waals surface area contributed by atoms with Crippen molar-refractivity contribution >= 4 is 16.9 Å². The van der Waals surface area contributed by atoms with Gasteiger partial charge in [-0.2, -0.15) is 9.97 Å². The van der Waals surface area contributed by atoms with Crippen molar-refractivity contribution in [3.8, 4) is 6.01 Å². The minimum absolute atomic E-state index is 0.0548. The van der Waals surface area contributed by atoms with Crippen LogP contribution in [0.5, 0.6) is 6.01 Å². The molecule has 1 fully saturated rings. The number of nitrogen functional groups attached to an aromatic ring is 1. The van der Waals surface area contributed by atoms with E-state index in [1.54, 1.807) is 4.90 Å². The van der Waals surface area contributed by atoms with Gasteiger partial charge in [-0.3, -0.25) is 4.90 Å². The van der Waals surface area contributed by atoms with Crippen molar-refractivity contribution < 1.29 is 13.5 Å². The average Bonchev–Trinajstić information content (AvgIpc) is 3.26. The molecule has 2 aromatic heterocycles. The Bertz CT molecular complexity index is 1000. The number of anilines is 1. The van der Waals surface area contributed by atoms with Gasteiger partial charge < -0.3 is 15.5 Å². The molecule has 1 aliphatic rings. The third kappa shape index (κ3) is 4.70. The molecule has 3 N–H and O–H groups in total. The van der Waals surface area contributed by atoms with Crippen LogP contribution < -0.4 is 10.5 Å². The normalized spacial score (nSPS) is 16.4. The predicted molar refractivity (Wildman–Crippen MR) is 113 cm³/mol. The Morgan fingerprint density at radius 2 is 1.97 bits per heavy atom. The molecule has 4 rings (SSSR count). The van der Waals surface area contributed by atoms with Gasteiger partial charge in [0.05, 0.1) is 13.2 Å². The molecule has 0 radical (unpaired) electrons. The monoisotopic (exact) mass is 415 g/mol. The molecule has 0 saturated carbocycles. The lowest BCUT2D eigenvalue weighted by Crippen LogP contribution is -2.24. The highest BCUT2D eigenvalue weighted by Crippen LogP contribution is 2.28. The summed E-state index contributed by atoms with van der Waals surface area (Å²) in [5.41, 5.74) is 10.7. The number of nitrogens with one attached hydrogen (secondary N) is 1. The van der Waals surface area contributed by atoms with Crippen LogP contribution >= 0.6 is 0 Å². The Hall–Kier alpha value is -2.74. The zero-order chi connectivity index (χ0) is 21.1. The predicted octanol–water partition coefficient (Wildman–Crippen LogP) is 4.15. The van der Waals surface area contributed by atoms with E-state index in [1.807, 2.05) is 30.5 Å². The number of benzene rings is 1. The van der Waals surface area contributed by atoms with E-state index in [4.69, 9.17) is 10.5 Å². The molecule has 1 saturated heterocycles. The first-order valence-electron chi connectivity index (χ1n) is 10.4. The number of nitrogens with two attached hydrogens (primary N) is 1. The number of hydrogen-bond donors (Lipinski definition) is 2. The summed E-state index contributed by atoms with van der Waals surface area (Å²) in [6.45, 7) is 3.48. The van der Waals surface area contributed by atoms with Crippen LogP contribution in [0.1, 0.15) is 42.9 Å². The fraction of sp³-hybridized carbons (Fsp3) is 0.455. The van der Waals surface area contributed by atoms with Gasteiger partial charge in [0.15, 0.2) is 5.82 Å². The van der Waals surface area contributed by atoms with E-state index in [2.05, 4.69) is 21.9 Å². The van der Waals surface area contributed by atoms with E-state index in [1.165, 1.54) is 0 Å².